The first-order valence-electron chi connectivity index (χ1n) is 25.7. The number of hydrogen-bond donors (Lipinski definition) is 0. The molecule has 1 unspecified atom stereocenters. The third-order valence-corrected chi connectivity index (χ3v) is 16.3. The molecule has 1 aliphatic heterocycles. The van der Waals surface area contributed by atoms with E-state index < -0.39 is 5.41 Å². The van der Waals surface area contributed by atoms with E-state index in [2.05, 4.69) is 287 Å². The maximum absolute atomic E-state index is 2.53. The molecule has 1 spiro atoms. The van der Waals surface area contributed by atoms with Gasteiger partial charge in [0.05, 0.1) is 38.9 Å². The standard InChI is InChI=1S/C71H45N3/c1-2-21-50-46(19-1)20-17-29-51(50)52-22-3-4-23-53(52)56-25-6-12-34-65(56)72(47-39-41-48(42-40-47)73-66-35-13-7-26-57(66)58-27-8-14-36-67(58)73)49-43-44-55-54-24-5-10-31-61(54)71(64(55)45-49)62-32-11-16-38-69(62)74-68-37-15-9-28-59(68)60-30-18-33-63(71)70(60)74/h1-45H. The van der Waals surface area contributed by atoms with Crippen molar-refractivity contribution in [2.24, 2.45) is 0 Å². The van der Waals surface area contributed by atoms with Crippen molar-refractivity contribution >= 4 is 71.4 Å². The van der Waals surface area contributed by atoms with Crippen molar-refractivity contribution in [2.75, 3.05) is 4.90 Å². The Morgan fingerprint density at radius 1 is 0.284 bits per heavy atom. The van der Waals surface area contributed by atoms with E-state index in [9.17, 15) is 0 Å². The van der Waals surface area contributed by atoms with Crippen molar-refractivity contribution in [3.8, 4) is 44.8 Å². The molecule has 0 bridgehead atoms. The molecule has 3 heteroatoms. The highest BCUT2D eigenvalue weighted by Crippen LogP contribution is 2.62. The lowest BCUT2D eigenvalue weighted by molar-refractivity contribution is 0.748. The van der Waals surface area contributed by atoms with Gasteiger partial charge < -0.3 is 14.0 Å². The van der Waals surface area contributed by atoms with Crippen LogP contribution in [0.5, 0.6) is 0 Å². The quantitative estimate of drug-likeness (QED) is 0.162. The van der Waals surface area contributed by atoms with Crippen LogP contribution in [0.4, 0.5) is 17.1 Å². The molecule has 0 fully saturated rings. The first-order valence-corrected chi connectivity index (χ1v) is 25.7. The summed E-state index contributed by atoms with van der Waals surface area (Å²) in [6.45, 7) is 0. The summed E-state index contributed by atoms with van der Waals surface area (Å²) < 4.78 is 4.93. The zero-order chi connectivity index (χ0) is 48.5. The zero-order valence-corrected chi connectivity index (χ0v) is 40.3. The Labute approximate surface area is 428 Å². The smallest absolute Gasteiger partial charge is 0.0755 e. The summed E-state index contributed by atoms with van der Waals surface area (Å²) >= 11 is 0. The van der Waals surface area contributed by atoms with E-state index in [4.69, 9.17) is 0 Å². The average Bonchev–Trinajstić information content (AvgIpc) is 4.15. The van der Waals surface area contributed by atoms with Gasteiger partial charge in [-0.15, -0.1) is 0 Å². The number of benzene rings is 12. The normalized spacial score (nSPS) is 14.3. The van der Waals surface area contributed by atoms with Crippen LogP contribution >= 0.6 is 0 Å². The Morgan fingerprint density at radius 2 is 0.770 bits per heavy atom. The first kappa shape index (κ1) is 41.0. The van der Waals surface area contributed by atoms with Gasteiger partial charge in [0.25, 0.3) is 0 Å². The SMILES string of the molecule is c1ccc(-c2cccc3ccccc23)c(-c2ccccc2N(c2ccc(-n3c4ccccc4c4ccccc43)cc2)c2ccc3c(c2)C2(c4ccccc4-3)c3ccccc3-n3c4ccccc4c4cccc2c43)c1. The van der Waals surface area contributed by atoms with Crippen LogP contribution in [0.25, 0.3) is 99.1 Å². The molecule has 16 rings (SSSR count). The van der Waals surface area contributed by atoms with Crippen LogP contribution in [0.1, 0.15) is 22.3 Å². The largest absolute Gasteiger partial charge is 0.310 e. The topological polar surface area (TPSA) is 13.1 Å². The molecular weight excluding hydrogens is 895 g/mol. The second-order valence-electron chi connectivity index (χ2n) is 19.9. The summed E-state index contributed by atoms with van der Waals surface area (Å²) in [6.07, 6.45) is 0. The predicted molar refractivity (Wildman–Crippen MR) is 309 cm³/mol. The van der Waals surface area contributed by atoms with Crippen molar-refractivity contribution in [3.63, 3.8) is 0 Å². The van der Waals surface area contributed by atoms with Crippen LogP contribution < -0.4 is 4.90 Å². The molecule has 0 saturated heterocycles. The highest BCUT2D eigenvalue weighted by molar-refractivity contribution is 6.13. The van der Waals surface area contributed by atoms with Crippen molar-refractivity contribution in [1.82, 2.24) is 9.13 Å². The lowest BCUT2D eigenvalue weighted by Gasteiger charge is -2.40. The summed E-state index contributed by atoms with van der Waals surface area (Å²) in [6, 6.07) is 102. The highest BCUT2D eigenvalue weighted by atomic mass is 15.1. The molecule has 0 amide bonds. The van der Waals surface area contributed by atoms with E-state index in [0.717, 1.165) is 28.3 Å². The number of fused-ring (bicyclic) bond motifs is 16. The fourth-order valence-electron chi connectivity index (χ4n) is 13.4. The molecule has 3 nitrogen and oxygen atoms in total. The van der Waals surface area contributed by atoms with Crippen LogP contribution in [0, 0.1) is 0 Å². The molecule has 344 valence electrons. The number of nitrogens with zero attached hydrogens (tertiary/aromatic N) is 3. The van der Waals surface area contributed by atoms with E-state index in [1.54, 1.807) is 0 Å². The summed E-state index contributed by atoms with van der Waals surface area (Å²) in [7, 11) is 0. The molecule has 12 aromatic carbocycles. The number of anilines is 3. The van der Waals surface area contributed by atoms with Crippen molar-refractivity contribution in [2.45, 2.75) is 5.41 Å². The van der Waals surface area contributed by atoms with E-state index in [1.165, 1.54) is 110 Å². The minimum atomic E-state index is -0.602. The van der Waals surface area contributed by atoms with Gasteiger partial charge in [-0.3, -0.25) is 0 Å². The number of rotatable bonds is 6. The Morgan fingerprint density at radius 3 is 1.53 bits per heavy atom. The van der Waals surface area contributed by atoms with Crippen LogP contribution in [-0.4, -0.2) is 9.13 Å². The summed E-state index contributed by atoms with van der Waals surface area (Å²) in [5.41, 5.74) is 22.4. The van der Waals surface area contributed by atoms with Gasteiger partial charge in [0.2, 0.25) is 0 Å². The molecule has 2 aliphatic rings. The Bertz CT molecular complexity index is 4570. The van der Waals surface area contributed by atoms with Crippen LogP contribution in [0.15, 0.2) is 273 Å². The first-order chi connectivity index (χ1) is 36.8. The fourth-order valence-corrected chi connectivity index (χ4v) is 13.4. The molecule has 0 saturated carbocycles. The third kappa shape index (κ3) is 5.55. The van der Waals surface area contributed by atoms with Crippen molar-refractivity contribution < 1.29 is 0 Å². The molecule has 74 heavy (non-hydrogen) atoms. The zero-order valence-electron chi connectivity index (χ0n) is 40.3. The minimum absolute atomic E-state index is 0.602. The number of para-hydroxylation sites is 6. The maximum Gasteiger partial charge on any atom is 0.0755 e. The van der Waals surface area contributed by atoms with Crippen LogP contribution in [0.3, 0.4) is 0 Å². The Balaban J connectivity index is 0.964. The minimum Gasteiger partial charge on any atom is -0.310 e. The molecule has 3 heterocycles. The molecule has 14 aromatic rings. The van der Waals surface area contributed by atoms with E-state index in [0.29, 0.717) is 0 Å². The fraction of sp³-hybridized carbons (Fsp3) is 0.0141. The van der Waals surface area contributed by atoms with Crippen molar-refractivity contribution in [1.29, 1.82) is 0 Å². The Hall–Kier alpha value is -9.70. The molecular formula is C71H45N3. The summed E-state index contributed by atoms with van der Waals surface area (Å²) in [5.74, 6) is 0. The molecule has 1 atom stereocenters. The van der Waals surface area contributed by atoms with Crippen LogP contribution in [0.2, 0.25) is 0 Å². The third-order valence-electron chi connectivity index (χ3n) is 16.3. The molecule has 2 aromatic heterocycles. The second kappa shape index (κ2) is 15.6. The van der Waals surface area contributed by atoms with Crippen LogP contribution in [-0.2, 0) is 5.41 Å². The van der Waals surface area contributed by atoms with Gasteiger partial charge in [-0.1, -0.05) is 206 Å². The average molecular weight is 940 g/mol. The van der Waals surface area contributed by atoms with Gasteiger partial charge in [0.15, 0.2) is 0 Å². The van der Waals surface area contributed by atoms with Gasteiger partial charge in [-0.05, 0) is 128 Å². The van der Waals surface area contributed by atoms with Gasteiger partial charge >= 0.3 is 0 Å². The molecule has 0 N–H and O–H groups in total. The predicted octanol–water partition coefficient (Wildman–Crippen LogP) is 18.5. The molecule has 0 radical (unpaired) electrons. The lowest BCUT2D eigenvalue weighted by Crippen LogP contribution is -2.33. The van der Waals surface area contributed by atoms with E-state index >= 15 is 0 Å². The van der Waals surface area contributed by atoms with Gasteiger partial charge in [0.1, 0.15) is 0 Å². The van der Waals surface area contributed by atoms with Gasteiger partial charge in [-0.2, -0.15) is 0 Å². The maximum atomic E-state index is 2.53. The molecule has 1 aliphatic carbocycles. The Kier molecular flexibility index (Phi) is 8.66. The second-order valence-corrected chi connectivity index (χ2v) is 19.9. The highest BCUT2D eigenvalue weighted by Gasteiger charge is 2.51. The summed E-state index contributed by atoms with van der Waals surface area (Å²) in [4.78, 5) is 2.51. The van der Waals surface area contributed by atoms with Crippen molar-refractivity contribution in [3.05, 3.63) is 295 Å². The number of aromatic nitrogens is 2. The number of hydrogen-bond acceptors (Lipinski definition) is 1. The van der Waals surface area contributed by atoms with Gasteiger partial charge in [-0.25, -0.2) is 0 Å². The van der Waals surface area contributed by atoms with E-state index in [-0.39, 0.29) is 0 Å². The lowest BCUT2D eigenvalue weighted by atomic mass is 9.65. The monoisotopic (exact) mass is 939 g/mol. The van der Waals surface area contributed by atoms with Gasteiger partial charge in [0, 0.05) is 44.2 Å². The van der Waals surface area contributed by atoms with E-state index in [1.807, 2.05) is 0 Å². The summed E-state index contributed by atoms with van der Waals surface area (Å²) in [5, 5.41) is 7.52.